The van der Waals surface area contributed by atoms with E-state index in [1.807, 2.05) is 4.90 Å². The van der Waals surface area contributed by atoms with Gasteiger partial charge in [-0.1, -0.05) is 33.6 Å². The Hall–Kier alpha value is -0.610. The molecule has 4 nitrogen and oxygen atoms in total. The number of nitrogens with zero attached hydrogens (tertiary/aromatic N) is 2. The van der Waals surface area contributed by atoms with Crippen molar-refractivity contribution in [2.75, 3.05) is 39.3 Å². The third kappa shape index (κ3) is 9.00. The minimum Gasteiger partial charge on any atom is -0.396 e. The van der Waals surface area contributed by atoms with Crippen LogP contribution in [0.1, 0.15) is 52.9 Å². The minimum atomic E-state index is 0.195. The van der Waals surface area contributed by atoms with Gasteiger partial charge >= 0.3 is 0 Å². The number of hydrogen-bond acceptors (Lipinski definition) is 3. The highest BCUT2D eigenvalue weighted by atomic mass is 16.3. The maximum absolute atomic E-state index is 12.3. The number of aliphatic hydroxyl groups is 1. The largest absolute Gasteiger partial charge is 0.396 e. The number of aliphatic hydroxyl groups excluding tert-OH is 1. The van der Waals surface area contributed by atoms with Crippen molar-refractivity contribution in [3.8, 4) is 0 Å². The average Bonchev–Trinajstić information content (AvgIpc) is 2.43. The van der Waals surface area contributed by atoms with Crippen LogP contribution in [0.4, 0.5) is 0 Å². The van der Waals surface area contributed by atoms with E-state index in [2.05, 4.69) is 25.7 Å². The van der Waals surface area contributed by atoms with Crippen LogP contribution in [0.2, 0.25) is 0 Å². The summed E-state index contributed by atoms with van der Waals surface area (Å²) < 4.78 is 0. The lowest BCUT2D eigenvalue weighted by molar-refractivity contribution is -0.132. The molecule has 4 heteroatoms. The van der Waals surface area contributed by atoms with E-state index in [-0.39, 0.29) is 12.5 Å². The van der Waals surface area contributed by atoms with E-state index in [1.165, 1.54) is 0 Å². The quantitative estimate of drug-likeness (QED) is 0.592. The fourth-order valence-electron chi connectivity index (χ4n) is 1.99. The highest BCUT2D eigenvalue weighted by Gasteiger charge is 2.15. The number of hydrogen-bond donors (Lipinski definition) is 1. The molecule has 19 heavy (non-hydrogen) atoms. The predicted octanol–water partition coefficient (Wildman–Crippen LogP) is 2.12. The van der Waals surface area contributed by atoms with Gasteiger partial charge in [0.2, 0.25) is 5.91 Å². The maximum atomic E-state index is 12.3. The lowest BCUT2D eigenvalue weighted by atomic mass is 10.2. The number of carbonyl (C=O) groups is 1. The molecule has 1 amide bonds. The molecule has 0 radical (unpaired) electrons. The third-order valence-corrected chi connectivity index (χ3v) is 3.35. The minimum absolute atomic E-state index is 0.195. The second-order valence-electron chi connectivity index (χ2n) is 5.03. The zero-order valence-electron chi connectivity index (χ0n) is 13.0. The van der Waals surface area contributed by atoms with Gasteiger partial charge in [0.15, 0.2) is 0 Å². The Balaban J connectivity index is 4.24. The first-order valence-electron chi connectivity index (χ1n) is 7.80. The molecule has 0 spiro atoms. The SMILES string of the molecule is CCCCN(CCCC)C(=O)CN(CC)CCCO. The van der Waals surface area contributed by atoms with Crippen molar-refractivity contribution in [1.82, 2.24) is 9.80 Å². The van der Waals surface area contributed by atoms with E-state index < -0.39 is 0 Å². The second-order valence-corrected chi connectivity index (χ2v) is 5.03. The fourth-order valence-corrected chi connectivity index (χ4v) is 1.99. The van der Waals surface area contributed by atoms with Gasteiger partial charge in [-0.3, -0.25) is 9.69 Å². The first-order valence-corrected chi connectivity index (χ1v) is 7.80. The molecule has 0 rings (SSSR count). The van der Waals surface area contributed by atoms with Crippen LogP contribution >= 0.6 is 0 Å². The van der Waals surface area contributed by atoms with E-state index in [1.54, 1.807) is 0 Å². The van der Waals surface area contributed by atoms with Crippen LogP contribution in [0.15, 0.2) is 0 Å². The molecule has 0 unspecified atom stereocenters. The van der Waals surface area contributed by atoms with Crippen molar-refractivity contribution in [3.05, 3.63) is 0 Å². The lowest BCUT2D eigenvalue weighted by Gasteiger charge is -2.26. The number of carbonyl (C=O) groups excluding carboxylic acids is 1. The molecular formula is C15H32N2O2. The van der Waals surface area contributed by atoms with E-state index in [0.29, 0.717) is 6.54 Å². The van der Waals surface area contributed by atoms with Crippen LogP contribution < -0.4 is 0 Å². The van der Waals surface area contributed by atoms with E-state index in [9.17, 15) is 4.79 Å². The highest BCUT2D eigenvalue weighted by Crippen LogP contribution is 2.02. The zero-order valence-corrected chi connectivity index (χ0v) is 13.0. The summed E-state index contributed by atoms with van der Waals surface area (Å²) in [5.41, 5.74) is 0. The Bertz CT molecular complexity index is 214. The van der Waals surface area contributed by atoms with Crippen molar-refractivity contribution in [1.29, 1.82) is 0 Å². The molecule has 1 N–H and O–H groups in total. The molecule has 0 aromatic heterocycles. The van der Waals surface area contributed by atoms with Crippen molar-refractivity contribution in [2.24, 2.45) is 0 Å². The first-order chi connectivity index (χ1) is 9.19. The van der Waals surface area contributed by atoms with Crippen molar-refractivity contribution in [3.63, 3.8) is 0 Å². The summed E-state index contributed by atoms with van der Waals surface area (Å²) in [6, 6.07) is 0. The Morgan fingerprint density at radius 1 is 0.947 bits per heavy atom. The summed E-state index contributed by atoms with van der Waals surface area (Å²) >= 11 is 0. The van der Waals surface area contributed by atoms with Crippen LogP contribution in [-0.2, 0) is 4.79 Å². The molecule has 0 fully saturated rings. The van der Waals surface area contributed by atoms with Gasteiger partial charge in [0, 0.05) is 26.2 Å². The monoisotopic (exact) mass is 272 g/mol. The highest BCUT2D eigenvalue weighted by molar-refractivity contribution is 5.78. The molecule has 0 atom stereocenters. The van der Waals surface area contributed by atoms with Gasteiger partial charge in [-0.05, 0) is 25.8 Å². The van der Waals surface area contributed by atoms with Crippen LogP contribution in [0, 0.1) is 0 Å². The van der Waals surface area contributed by atoms with Gasteiger partial charge in [-0.25, -0.2) is 0 Å². The summed E-state index contributed by atoms with van der Waals surface area (Å²) in [5.74, 6) is 0.238. The lowest BCUT2D eigenvalue weighted by Crippen LogP contribution is -2.41. The Morgan fingerprint density at radius 3 is 1.95 bits per heavy atom. The van der Waals surface area contributed by atoms with E-state index in [0.717, 1.165) is 58.3 Å². The summed E-state index contributed by atoms with van der Waals surface area (Å²) in [6.45, 7) is 10.5. The summed E-state index contributed by atoms with van der Waals surface area (Å²) in [5, 5.41) is 8.86. The van der Waals surface area contributed by atoms with Gasteiger partial charge in [0.1, 0.15) is 0 Å². The molecule has 0 bridgehead atoms. The Kier molecular flexibility index (Phi) is 12.0. The van der Waals surface area contributed by atoms with Crippen molar-refractivity contribution >= 4 is 5.91 Å². The van der Waals surface area contributed by atoms with Gasteiger partial charge in [-0.15, -0.1) is 0 Å². The fraction of sp³-hybridized carbons (Fsp3) is 0.933. The topological polar surface area (TPSA) is 43.8 Å². The molecule has 0 aliphatic heterocycles. The molecule has 114 valence electrons. The molecule has 0 saturated heterocycles. The normalized spacial score (nSPS) is 11.0. The Morgan fingerprint density at radius 2 is 1.53 bits per heavy atom. The molecule has 0 heterocycles. The van der Waals surface area contributed by atoms with Crippen LogP contribution in [0.5, 0.6) is 0 Å². The molecule has 0 aromatic rings. The summed E-state index contributed by atoms with van der Waals surface area (Å²) in [4.78, 5) is 16.4. The van der Waals surface area contributed by atoms with Gasteiger partial charge < -0.3 is 10.0 Å². The standard InChI is InChI=1S/C15H32N2O2/c1-4-7-11-17(12-8-5-2)15(19)14-16(6-3)10-9-13-18/h18H,4-14H2,1-3H3. The second kappa shape index (κ2) is 12.4. The molecule has 0 aromatic carbocycles. The van der Waals surface area contributed by atoms with Crippen LogP contribution in [0.25, 0.3) is 0 Å². The van der Waals surface area contributed by atoms with E-state index >= 15 is 0 Å². The molecular weight excluding hydrogens is 240 g/mol. The van der Waals surface area contributed by atoms with Crippen LogP contribution in [-0.4, -0.2) is 60.1 Å². The first kappa shape index (κ1) is 18.4. The molecule has 0 aliphatic rings. The maximum Gasteiger partial charge on any atom is 0.236 e. The van der Waals surface area contributed by atoms with Crippen molar-refractivity contribution < 1.29 is 9.90 Å². The van der Waals surface area contributed by atoms with Gasteiger partial charge in [0.25, 0.3) is 0 Å². The number of likely N-dealkylation sites (N-methyl/N-ethyl adjacent to an activating group) is 1. The van der Waals surface area contributed by atoms with Crippen LogP contribution in [0.3, 0.4) is 0 Å². The van der Waals surface area contributed by atoms with Gasteiger partial charge in [0.05, 0.1) is 6.54 Å². The number of rotatable bonds is 12. The summed E-state index contributed by atoms with van der Waals surface area (Å²) in [6.07, 6.45) is 5.15. The Labute approximate surface area is 118 Å². The molecule has 0 saturated carbocycles. The predicted molar refractivity (Wildman–Crippen MR) is 80.2 cm³/mol. The van der Waals surface area contributed by atoms with Gasteiger partial charge in [-0.2, -0.15) is 0 Å². The summed E-state index contributed by atoms with van der Waals surface area (Å²) in [7, 11) is 0. The number of amides is 1. The average molecular weight is 272 g/mol. The van der Waals surface area contributed by atoms with Crippen molar-refractivity contribution in [2.45, 2.75) is 52.9 Å². The van der Waals surface area contributed by atoms with E-state index in [4.69, 9.17) is 5.11 Å². The molecule has 0 aliphatic carbocycles. The number of unbranched alkanes of at least 4 members (excludes halogenated alkanes) is 2. The zero-order chi connectivity index (χ0) is 14.5. The third-order valence-electron chi connectivity index (χ3n) is 3.35. The smallest absolute Gasteiger partial charge is 0.236 e.